The highest BCUT2D eigenvalue weighted by Crippen LogP contribution is 2.43. The van der Waals surface area contributed by atoms with Gasteiger partial charge in [0.2, 0.25) is 0 Å². The van der Waals surface area contributed by atoms with Crippen LogP contribution in [0.1, 0.15) is 52.5 Å². The summed E-state index contributed by atoms with van der Waals surface area (Å²) >= 11 is 6.27. The minimum atomic E-state index is -0.289. The average Bonchev–Trinajstić information content (AvgIpc) is 3.61. The average molecular weight is 454 g/mol. The van der Waals surface area contributed by atoms with Crippen LogP contribution >= 0.6 is 11.6 Å². The molecule has 0 bridgehead atoms. The molecule has 1 atom stereocenters. The molecule has 1 aliphatic rings. The SMILES string of the molecule is Cc1ccc(CC(CCl)NCc2nc(C)ncc2Oc2cccc(C3CC3)c2F)c(C)c1. The van der Waals surface area contributed by atoms with Gasteiger partial charge in [-0.3, -0.25) is 0 Å². The number of nitrogens with one attached hydrogen (secondary N) is 1. The maximum Gasteiger partial charge on any atom is 0.169 e. The first-order valence-electron chi connectivity index (χ1n) is 11.1. The van der Waals surface area contributed by atoms with Crippen molar-refractivity contribution in [3.63, 3.8) is 0 Å². The molecule has 2 aromatic carbocycles. The molecule has 4 nitrogen and oxygen atoms in total. The maximum atomic E-state index is 14.9. The van der Waals surface area contributed by atoms with Crippen LogP contribution in [0.15, 0.2) is 42.6 Å². The van der Waals surface area contributed by atoms with Crippen molar-refractivity contribution in [2.24, 2.45) is 0 Å². The zero-order chi connectivity index (χ0) is 22.7. The number of aryl methyl sites for hydroxylation is 3. The smallest absolute Gasteiger partial charge is 0.169 e. The fourth-order valence-electron chi connectivity index (χ4n) is 3.91. The summed E-state index contributed by atoms with van der Waals surface area (Å²) in [5.74, 6) is 1.79. The first-order chi connectivity index (χ1) is 15.4. The van der Waals surface area contributed by atoms with Crippen LogP contribution in [-0.4, -0.2) is 21.9 Å². The van der Waals surface area contributed by atoms with Crippen LogP contribution in [0, 0.1) is 26.6 Å². The normalized spacial score (nSPS) is 14.4. The lowest BCUT2D eigenvalue weighted by molar-refractivity contribution is 0.423. The Morgan fingerprint density at radius 2 is 1.97 bits per heavy atom. The van der Waals surface area contributed by atoms with Gasteiger partial charge in [-0.05, 0) is 68.7 Å². The van der Waals surface area contributed by atoms with Gasteiger partial charge in [-0.1, -0.05) is 35.9 Å². The Morgan fingerprint density at radius 3 is 2.69 bits per heavy atom. The van der Waals surface area contributed by atoms with Gasteiger partial charge in [0.05, 0.1) is 6.20 Å². The van der Waals surface area contributed by atoms with Gasteiger partial charge < -0.3 is 10.1 Å². The minimum absolute atomic E-state index is 0.0659. The van der Waals surface area contributed by atoms with E-state index in [2.05, 4.69) is 47.3 Å². The van der Waals surface area contributed by atoms with E-state index >= 15 is 0 Å². The summed E-state index contributed by atoms with van der Waals surface area (Å²) in [4.78, 5) is 8.81. The number of hydrogen-bond acceptors (Lipinski definition) is 4. The number of rotatable bonds is 9. The van der Waals surface area contributed by atoms with Gasteiger partial charge in [0.15, 0.2) is 17.3 Å². The van der Waals surface area contributed by atoms with E-state index in [0.29, 0.717) is 35.6 Å². The molecule has 0 amide bonds. The van der Waals surface area contributed by atoms with Crippen LogP contribution in [0.4, 0.5) is 4.39 Å². The predicted molar refractivity (Wildman–Crippen MR) is 126 cm³/mol. The Labute approximate surface area is 194 Å². The molecule has 0 spiro atoms. The molecule has 1 aliphatic carbocycles. The van der Waals surface area contributed by atoms with Gasteiger partial charge in [0.1, 0.15) is 11.5 Å². The second-order valence-corrected chi connectivity index (χ2v) is 8.94. The summed E-state index contributed by atoms with van der Waals surface area (Å²) < 4.78 is 20.9. The van der Waals surface area contributed by atoms with E-state index < -0.39 is 0 Å². The third-order valence-electron chi connectivity index (χ3n) is 5.89. The lowest BCUT2D eigenvalue weighted by Gasteiger charge is -2.19. The fourth-order valence-corrected chi connectivity index (χ4v) is 4.13. The number of nitrogens with zero attached hydrogens (tertiary/aromatic N) is 2. The van der Waals surface area contributed by atoms with Crippen LogP contribution in [0.25, 0.3) is 0 Å². The van der Waals surface area contributed by atoms with E-state index in [0.717, 1.165) is 24.8 Å². The van der Waals surface area contributed by atoms with E-state index in [9.17, 15) is 4.39 Å². The largest absolute Gasteiger partial charge is 0.451 e. The Kier molecular flexibility index (Phi) is 7.07. The number of benzene rings is 2. The van der Waals surface area contributed by atoms with Gasteiger partial charge >= 0.3 is 0 Å². The molecule has 3 aromatic rings. The summed E-state index contributed by atoms with van der Waals surface area (Å²) in [6.07, 6.45) is 4.49. The zero-order valence-electron chi connectivity index (χ0n) is 18.8. The topological polar surface area (TPSA) is 47.0 Å². The van der Waals surface area contributed by atoms with E-state index in [1.54, 1.807) is 12.3 Å². The Bertz CT molecular complexity index is 1100. The maximum absolute atomic E-state index is 14.9. The summed E-state index contributed by atoms with van der Waals surface area (Å²) in [5, 5.41) is 3.49. The van der Waals surface area contributed by atoms with Crippen molar-refractivity contribution in [2.75, 3.05) is 5.88 Å². The highest BCUT2D eigenvalue weighted by atomic mass is 35.5. The molecule has 1 saturated carbocycles. The molecular weight excluding hydrogens is 425 g/mol. The molecule has 4 rings (SSSR count). The summed E-state index contributed by atoms with van der Waals surface area (Å²) in [6, 6.07) is 11.9. The van der Waals surface area contributed by atoms with Crippen molar-refractivity contribution in [3.8, 4) is 11.5 Å². The lowest BCUT2D eigenvalue weighted by atomic mass is 10.00. The third-order valence-corrected chi connectivity index (χ3v) is 6.26. The van der Waals surface area contributed by atoms with Gasteiger partial charge in [-0.2, -0.15) is 0 Å². The first kappa shape index (κ1) is 22.7. The number of hydrogen-bond donors (Lipinski definition) is 1. The first-order valence-corrected chi connectivity index (χ1v) is 11.6. The van der Waals surface area contributed by atoms with Crippen molar-refractivity contribution >= 4 is 11.6 Å². The highest BCUT2D eigenvalue weighted by molar-refractivity contribution is 6.18. The van der Waals surface area contributed by atoms with Crippen molar-refractivity contribution in [2.45, 2.75) is 58.5 Å². The van der Waals surface area contributed by atoms with E-state index in [4.69, 9.17) is 16.3 Å². The summed E-state index contributed by atoms with van der Waals surface area (Å²) in [6.45, 7) is 6.50. The molecule has 1 aromatic heterocycles. The molecule has 6 heteroatoms. The number of alkyl halides is 1. The molecule has 168 valence electrons. The molecule has 1 unspecified atom stereocenters. The molecule has 1 N–H and O–H groups in total. The monoisotopic (exact) mass is 453 g/mol. The summed E-state index contributed by atoms with van der Waals surface area (Å²) in [7, 11) is 0. The van der Waals surface area contributed by atoms with E-state index in [-0.39, 0.29) is 17.6 Å². The zero-order valence-corrected chi connectivity index (χ0v) is 19.5. The van der Waals surface area contributed by atoms with Gasteiger partial charge in [-0.25, -0.2) is 14.4 Å². The van der Waals surface area contributed by atoms with E-state index in [1.807, 2.05) is 19.1 Å². The Morgan fingerprint density at radius 1 is 1.16 bits per heavy atom. The van der Waals surface area contributed by atoms with Crippen molar-refractivity contribution in [1.82, 2.24) is 15.3 Å². The summed E-state index contributed by atoms with van der Waals surface area (Å²) in [5.41, 5.74) is 5.19. The molecule has 1 fully saturated rings. The van der Waals surface area contributed by atoms with Crippen LogP contribution < -0.4 is 10.1 Å². The van der Waals surface area contributed by atoms with Crippen molar-refractivity contribution < 1.29 is 9.13 Å². The molecule has 0 radical (unpaired) electrons. The van der Waals surface area contributed by atoms with E-state index in [1.165, 1.54) is 16.7 Å². The Hall–Kier alpha value is -2.50. The Balaban J connectivity index is 1.49. The third kappa shape index (κ3) is 5.45. The van der Waals surface area contributed by atoms with Crippen molar-refractivity contribution in [3.05, 3.63) is 82.2 Å². The van der Waals surface area contributed by atoms with Gasteiger partial charge in [-0.15, -0.1) is 11.6 Å². The number of halogens is 2. The van der Waals surface area contributed by atoms with Crippen molar-refractivity contribution in [1.29, 1.82) is 0 Å². The second-order valence-electron chi connectivity index (χ2n) is 8.63. The quantitative estimate of drug-likeness (QED) is 0.395. The number of aromatic nitrogens is 2. The minimum Gasteiger partial charge on any atom is -0.451 e. The van der Waals surface area contributed by atoms with Crippen LogP contribution in [0.2, 0.25) is 0 Å². The highest BCUT2D eigenvalue weighted by Gasteiger charge is 2.28. The van der Waals surface area contributed by atoms with Crippen LogP contribution in [0.3, 0.4) is 0 Å². The predicted octanol–water partition coefficient (Wildman–Crippen LogP) is 6.15. The van der Waals surface area contributed by atoms with Gasteiger partial charge in [0, 0.05) is 18.5 Å². The fraction of sp³-hybridized carbons (Fsp3) is 0.385. The standard InChI is InChI=1S/C26H29ClFN3O/c1-16-7-8-20(17(2)11-16)12-21(13-27)30-14-23-25(15-29-18(3)31-23)32-24-6-4-5-22(26(24)28)19-9-10-19/h4-8,11,15,19,21,30H,9-10,12-14H2,1-3H3. The van der Waals surface area contributed by atoms with Gasteiger partial charge in [0.25, 0.3) is 0 Å². The molecule has 32 heavy (non-hydrogen) atoms. The molecule has 0 saturated heterocycles. The van der Waals surface area contributed by atoms with Crippen LogP contribution in [-0.2, 0) is 13.0 Å². The van der Waals surface area contributed by atoms with Crippen LogP contribution in [0.5, 0.6) is 11.5 Å². The molecule has 1 heterocycles. The molecular formula is C26H29ClFN3O. The molecule has 0 aliphatic heterocycles. The second kappa shape index (κ2) is 9.97. The lowest BCUT2D eigenvalue weighted by Crippen LogP contribution is -2.33. The number of ether oxygens (including phenoxy) is 1.